The number of ether oxygens (including phenoxy) is 1. The number of morpholine rings is 1. The number of hydrogen-bond donors (Lipinski definition) is 1. The van der Waals surface area contributed by atoms with Gasteiger partial charge < -0.3 is 14.6 Å². The van der Waals surface area contributed by atoms with Crippen LogP contribution in [-0.2, 0) is 22.6 Å². The summed E-state index contributed by atoms with van der Waals surface area (Å²) in [6.45, 7) is 13.4. The fraction of sp³-hybridized carbons (Fsp3) is 0.565. The highest BCUT2D eigenvalue weighted by molar-refractivity contribution is 7.99. The van der Waals surface area contributed by atoms with E-state index in [4.69, 9.17) is 4.74 Å². The first-order valence-corrected chi connectivity index (χ1v) is 11.7. The second-order valence-corrected chi connectivity index (χ2v) is 9.32. The van der Waals surface area contributed by atoms with Crippen molar-refractivity contribution in [3.05, 3.63) is 47.3 Å². The van der Waals surface area contributed by atoms with Crippen molar-refractivity contribution in [2.24, 2.45) is 5.92 Å². The lowest BCUT2D eigenvalue weighted by atomic mass is 10.2. The summed E-state index contributed by atoms with van der Waals surface area (Å²) in [6, 6.07) is 10.5. The van der Waals surface area contributed by atoms with E-state index in [1.807, 2.05) is 13.0 Å². The molecule has 2 heterocycles. The first kappa shape index (κ1) is 22.8. The minimum Gasteiger partial charge on any atom is -0.374 e. The van der Waals surface area contributed by atoms with Gasteiger partial charge in [-0.2, -0.15) is 0 Å². The van der Waals surface area contributed by atoms with E-state index in [9.17, 15) is 4.79 Å². The lowest BCUT2D eigenvalue weighted by molar-refractivity contribution is -0.119. The van der Waals surface area contributed by atoms with E-state index < -0.39 is 0 Å². The van der Waals surface area contributed by atoms with E-state index in [1.54, 1.807) is 0 Å². The molecule has 1 unspecified atom stereocenters. The number of aromatic nitrogens is 2. The molecule has 30 heavy (non-hydrogen) atoms. The Kier molecular flexibility index (Phi) is 8.36. The topological polar surface area (TPSA) is 59.4 Å². The Morgan fingerprint density at radius 3 is 2.80 bits per heavy atom. The van der Waals surface area contributed by atoms with E-state index in [0.29, 0.717) is 24.8 Å². The van der Waals surface area contributed by atoms with Gasteiger partial charge in [-0.3, -0.25) is 9.69 Å². The number of hydrogen-bond acceptors (Lipinski definition) is 5. The third kappa shape index (κ3) is 6.59. The normalized spacial score (nSPS) is 17.4. The molecule has 1 amide bonds. The van der Waals surface area contributed by atoms with Gasteiger partial charge in [0.25, 0.3) is 0 Å². The number of carbonyl (C=O) groups is 1. The molecule has 1 aromatic heterocycles. The molecule has 7 heteroatoms. The molecule has 164 valence electrons. The van der Waals surface area contributed by atoms with Gasteiger partial charge in [0, 0.05) is 38.4 Å². The predicted octanol–water partition coefficient (Wildman–Crippen LogP) is 3.27. The van der Waals surface area contributed by atoms with Crippen LogP contribution in [0.4, 0.5) is 0 Å². The predicted molar refractivity (Wildman–Crippen MR) is 122 cm³/mol. The molecule has 1 aliphatic rings. The average molecular weight is 431 g/mol. The SMILES string of the molecule is Cc1nc(SCC(=O)NCC2CN(Cc3ccccc3)CCO2)n(CC(C)C)c1C. The van der Waals surface area contributed by atoms with Crippen molar-refractivity contribution in [2.75, 3.05) is 32.0 Å². The van der Waals surface area contributed by atoms with Crippen LogP contribution >= 0.6 is 11.8 Å². The standard InChI is InChI=1S/C23H34N4O2S/c1-17(2)13-27-19(4)18(3)25-23(27)30-16-22(28)24-12-21-15-26(10-11-29-21)14-20-8-6-5-7-9-20/h5-9,17,21H,10-16H2,1-4H3,(H,24,28). The fourth-order valence-corrected chi connectivity index (χ4v) is 4.54. The third-order valence-corrected chi connectivity index (χ3v) is 6.28. The molecule has 2 aromatic rings. The van der Waals surface area contributed by atoms with E-state index >= 15 is 0 Å². The first-order chi connectivity index (χ1) is 14.4. The Labute approximate surface area is 184 Å². The molecule has 6 nitrogen and oxygen atoms in total. The van der Waals surface area contributed by atoms with Crippen molar-refractivity contribution in [3.8, 4) is 0 Å². The molecular weight excluding hydrogens is 396 g/mol. The number of carbonyl (C=O) groups excluding carboxylic acids is 1. The van der Waals surface area contributed by atoms with Crippen LogP contribution in [0, 0.1) is 19.8 Å². The maximum Gasteiger partial charge on any atom is 0.230 e. The number of rotatable bonds is 9. The summed E-state index contributed by atoms with van der Waals surface area (Å²) >= 11 is 1.51. The van der Waals surface area contributed by atoms with Gasteiger partial charge in [0.1, 0.15) is 0 Å². The Hall–Kier alpha value is -1.83. The number of nitrogens with zero attached hydrogens (tertiary/aromatic N) is 3. The lowest BCUT2D eigenvalue weighted by Crippen LogP contribution is -2.47. The summed E-state index contributed by atoms with van der Waals surface area (Å²) in [5, 5.41) is 3.97. The van der Waals surface area contributed by atoms with Crippen molar-refractivity contribution in [3.63, 3.8) is 0 Å². The van der Waals surface area contributed by atoms with Crippen LogP contribution in [-0.4, -0.2) is 58.5 Å². The summed E-state index contributed by atoms with van der Waals surface area (Å²) in [4.78, 5) is 19.5. The molecular formula is C23H34N4O2S. The summed E-state index contributed by atoms with van der Waals surface area (Å²) < 4.78 is 8.09. The van der Waals surface area contributed by atoms with Gasteiger partial charge in [0.2, 0.25) is 5.91 Å². The number of nitrogens with one attached hydrogen (secondary N) is 1. The number of aryl methyl sites for hydroxylation is 1. The first-order valence-electron chi connectivity index (χ1n) is 10.7. The van der Waals surface area contributed by atoms with Crippen molar-refractivity contribution < 1.29 is 9.53 Å². The van der Waals surface area contributed by atoms with Gasteiger partial charge in [0.15, 0.2) is 5.16 Å². The summed E-state index contributed by atoms with van der Waals surface area (Å²) in [7, 11) is 0. The molecule has 0 saturated carbocycles. The van der Waals surface area contributed by atoms with Crippen LogP contribution in [0.5, 0.6) is 0 Å². The molecule has 0 spiro atoms. The highest BCUT2D eigenvalue weighted by Gasteiger charge is 2.21. The van der Waals surface area contributed by atoms with Crippen LogP contribution < -0.4 is 5.32 Å². The van der Waals surface area contributed by atoms with E-state index in [1.165, 1.54) is 23.0 Å². The average Bonchev–Trinajstić information content (AvgIpc) is 2.99. The zero-order valence-corrected chi connectivity index (χ0v) is 19.4. The van der Waals surface area contributed by atoms with Crippen LogP contribution in [0.1, 0.15) is 30.8 Å². The quantitative estimate of drug-likeness (QED) is 0.619. The van der Waals surface area contributed by atoms with Gasteiger partial charge in [-0.05, 0) is 25.3 Å². The molecule has 1 N–H and O–H groups in total. The number of imidazole rings is 1. The molecule has 1 atom stereocenters. The monoisotopic (exact) mass is 430 g/mol. The van der Waals surface area contributed by atoms with Crippen LogP contribution in [0.2, 0.25) is 0 Å². The Balaban J connectivity index is 1.44. The van der Waals surface area contributed by atoms with Crippen LogP contribution in [0.25, 0.3) is 0 Å². The maximum atomic E-state index is 12.4. The van der Waals surface area contributed by atoms with Crippen molar-refractivity contribution in [1.29, 1.82) is 0 Å². The molecule has 1 aliphatic heterocycles. The summed E-state index contributed by atoms with van der Waals surface area (Å²) in [5.74, 6) is 0.931. The minimum absolute atomic E-state index is 0.0261. The summed E-state index contributed by atoms with van der Waals surface area (Å²) in [5.41, 5.74) is 3.52. The highest BCUT2D eigenvalue weighted by atomic mass is 32.2. The molecule has 1 fully saturated rings. The molecule has 1 aromatic carbocycles. The lowest BCUT2D eigenvalue weighted by Gasteiger charge is -2.33. The second-order valence-electron chi connectivity index (χ2n) is 8.38. The van der Waals surface area contributed by atoms with Crippen LogP contribution in [0.15, 0.2) is 35.5 Å². The number of benzene rings is 1. The largest absolute Gasteiger partial charge is 0.374 e. The molecule has 1 saturated heterocycles. The van der Waals surface area contributed by atoms with Crippen molar-refractivity contribution in [2.45, 2.75) is 52.0 Å². The van der Waals surface area contributed by atoms with Crippen molar-refractivity contribution in [1.82, 2.24) is 19.8 Å². The smallest absolute Gasteiger partial charge is 0.230 e. The number of thioether (sulfide) groups is 1. The van der Waals surface area contributed by atoms with E-state index in [0.717, 1.165) is 37.0 Å². The van der Waals surface area contributed by atoms with E-state index in [-0.39, 0.29) is 12.0 Å². The van der Waals surface area contributed by atoms with Crippen molar-refractivity contribution >= 4 is 17.7 Å². The summed E-state index contributed by atoms with van der Waals surface area (Å²) in [6.07, 6.45) is 0.0313. The van der Waals surface area contributed by atoms with Gasteiger partial charge in [-0.15, -0.1) is 0 Å². The van der Waals surface area contributed by atoms with Gasteiger partial charge in [0.05, 0.1) is 24.2 Å². The zero-order valence-electron chi connectivity index (χ0n) is 18.6. The molecule has 0 radical (unpaired) electrons. The third-order valence-electron chi connectivity index (χ3n) is 5.30. The highest BCUT2D eigenvalue weighted by Crippen LogP contribution is 2.22. The minimum atomic E-state index is 0.0261. The van der Waals surface area contributed by atoms with Crippen LogP contribution in [0.3, 0.4) is 0 Å². The number of amides is 1. The van der Waals surface area contributed by atoms with E-state index in [2.05, 4.69) is 64.8 Å². The van der Waals surface area contributed by atoms with Gasteiger partial charge >= 0.3 is 0 Å². The van der Waals surface area contributed by atoms with Gasteiger partial charge in [-0.1, -0.05) is 55.9 Å². The Morgan fingerprint density at radius 2 is 2.07 bits per heavy atom. The molecule has 3 rings (SSSR count). The Bertz CT molecular complexity index is 822. The Morgan fingerprint density at radius 1 is 1.30 bits per heavy atom. The molecule has 0 bridgehead atoms. The zero-order chi connectivity index (χ0) is 21.5. The molecule has 0 aliphatic carbocycles. The maximum absolute atomic E-state index is 12.4. The van der Waals surface area contributed by atoms with Gasteiger partial charge in [-0.25, -0.2) is 4.98 Å². The second kappa shape index (κ2) is 11.0. The fourth-order valence-electron chi connectivity index (χ4n) is 3.61.